The number of aliphatic hydroxyl groups is 5. The van der Waals surface area contributed by atoms with Crippen molar-refractivity contribution in [3.05, 3.63) is 29.8 Å². The lowest BCUT2D eigenvalue weighted by atomic mass is 9.96. The van der Waals surface area contributed by atoms with Crippen LogP contribution in [0.1, 0.15) is 10.4 Å². The molecule has 0 bridgehead atoms. The van der Waals surface area contributed by atoms with Crippen molar-refractivity contribution >= 4 is 5.78 Å². The Hall–Kier alpha value is -1.51. The summed E-state index contributed by atoms with van der Waals surface area (Å²) in [5, 5.41) is 55.3. The summed E-state index contributed by atoms with van der Waals surface area (Å²) in [5.41, 5.74) is 0.0232. The molecule has 106 valence electrons. The minimum Gasteiger partial charge on any atom is -0.508 e. The molecule has 0 aliphatic rings. The van der Waals surface area contributed by atoms with Crippen molar-refractivity contribution in [3.8, 4) is 5.75 Å². The Kier molecular flexibility index (Phi) is 5.40. The molecule has 0 saturated carbocycles. The van der Waals surface area contributed by atoms with Crippen molar-refractivity contribution in [2.24, 2.45) is 0 Å². The number of phenolic OH excluding ortho intramolecular Hbond substituents is 1. The molecule has 0 spiro atoms. The summed E-state index contributed by atoms with van der Waals surface area (Å²) in [6, 6.07) is 4.93. The maximum atomic E-state index is 11.8. The summed E-state index contributed by atoms with van der Waals surface area (Å²) in [5.74, 6) is -0.945. The van der Waals surface area contributed by atoms with Gasteiger partial charge in [-0.1, -0.05) is 0 Å². The van der Waals surface area contributed by atoms with E-state index in [1.807, 2.05) is 0 Å². The van der Waals surface area contributed by atoms with Gasteiger partial charge in [0.15, 0.2) is 5.78 Å². The molecule has 0 amide bonds. The van der Waals surface area contributed by atoms with Crippen molar-refractivity contribution < 1.29 is 35.4 Å². The summed E-state index contributed by atoms with van der Waals surface area (Å²) in [7, 11) is 0. The molecule has 1 aromatic rings. The minimum absolute atomic E-state index is 0.0232. The lowest BCUT2D eigenvalue weighted by Gasteiger charge is -2.24. The van der Waals surface area contributed by atoms with Gasteiger partial charge in [-0.15, -0.1) is 0 Å². The Bertz CT molecular complexity index is 417. The third kappa shape index (κ3) is 3.72. The van der Waals surface area contributed by atoms with Gasteiger partial charge >= 0.3 is 0 Å². The number of phenols is 1. The second-order valence-corrected chi connectivity index (χ2v) is 4.09. The fourth-order valence-electron chi connectivity index (χ4n) is 1.47. The second-order valence-electron chi connectivity index (χ2n) is 4.09. The summed E-state index contributed by atoms with van der Waals surface area (Å²) in [6.45, 7) is -0.821. The largest absolute Gasteiger partial charge is 0.508 e. The van der Waals surface area contributed by atoms with Gasteiger partial charge in [0.25, 0.3) is 0 Å². The zero-order valence-corrected chi connectivity index (χ0v) is 9.92. The van der Waals surface area contributed by atoms with E-state index in [1.54, 1.807) is 0 Å². The molecule has 0 aliphatic heterocycles. The molecule has 19 heavy (non-hydrogen) atoms. The van der Waals surface area contributed by atoms with Gasteiger partial charge in [0.2, 0.25) is 0 Å². The van der Waals surface area contributed by atoms with Crippen LogP contribution in [0.2, 0.25) is 0 Å². The average Bonchev–Trinajstić information content (AvgIpc) is 2.44. The first-order valence-electron chi connectivity index (χ1n) is 5.55. The normalized spacial score (nSPS) is 17.5. The van der Waals surface area contributed by atoms with Crippen LogP contribution in [0.5, 0.6) is 5.75 Å². The van der Waals surface area contributed by atoms with Crippen molar-refractivity contribution in [2.75, 3.05) is 6.61 Å². The monoisotopic (exact) mass is 272 g/mol. The number of rotatable bonds is 6. The third-order valence-electron chi connectivity index (χ3n) is 2.68. The predicted molar refractivity (Wildman–Crippen MR) is 63.6 cm³/mol. The van der Waals surface area contributed by atoms with E-state index < -0.39 is 36.8 Å². The standard InChI is InChI=1S/C12H16O7/c13-5-8(15)10(17)12(19)11(18)9(16)6-1-3-7(14)4-2-6/h1-4,8,10-15,17-19H,5H2/t8-,10-,11-,12+/m1/s1. The van der Waals surface area contributed by atoms with Crippen LogP contribution in [-0.4, -0.2) is 67.4 Å². The number of hydrogen-bond acceptors (Lipinski definition) is 7. The maximum absolute atomic E-state index is 11.8. The highest BCUT2D eigenvalue weighted by molar-refractivity contribution is 5.99. The molecular weight excluding hydrogens is 256 g/mol. The van der Waals surface area contributed by atoms with Gasteiger partial charge in [0.05, 0.1) is 6.61 Å². The van der Waals surface area contributed by atoms with Gasteiger partial charge in [0.1, 0.15) is 30.2 Å². The van der Waals surface area contributed by atoms with E-state index >= 15 is 0 Å². The first-order valence-corrected chi connectivity index (χ1v) is 5.55. The number of benzene rings is 1. The Morgan fingerprint density at radius 2 is 1.53 bits per heavy atom. The summed E-state index contributed by atoms with van der Waals surface area (Å²) >= 11 is 0. The first kappa shape index (κ1) is 15.5. The van der Waals surface area contributed by atoms with E-state index in [1.165, 1.54) is 24.3 Å². The topological polar surface area (TPSA) is 138 Å². The van der Waals surface area contributed by atoms with Gasteiger partial charge < -0.3 is 30.6 Å². The van der Waals surface area contributed by atoms with Crippen LogP contribution in [0, 0.1) is 0 Å². The molecule has 0 aromatic heterocycles. The van der Waals surface area contributed by atoms with Gasteiger partial charge in [-0.2, -0.15) is 0 Å². The molecule has 6 N–H and O–H groups in total. The zero-order valence-electron chi connectivity index (χ0n) is 9.92. The Labute approximate surface area is 109 Å². The second kappa shape index (κ2) is 6.60. The van der Waals surface area contributed by atoms with Crippen LogP contribution in [0.15, 0.2) is 24.3 Å². The van der Waals surface area contributed by atoms with Gasteiger partial charge in [-0.25, -0.2) is 0 Å². The number of ketones is 1. The highest BCUT2D eigenvalue weighted by Crippen LogP contribution is 2.14. The minimum atomic E-state index is -1.96. The highest BCUT2D eigenvalue weighted by atomic mass is 16.4. The highest BCUT2D eigenvalue weighted by Gasteiger charge is 2.34. The molecule has 1 aromatic carbocycles. The lowest BCUT2D eigenvalue weighted by molar-refractivity contribution is -0.105. The van der Waals surface area contributed by atoms with Crippen LogP contribution in [-0.2, 0) is 0 Å². The van der Waals surface area contributed by atoms with E-state index in [2.05, 4.69) is 0 Å². The smallest absolute Gasteiger partial charge is 0.194 e. The Morgan fingerprint density at radius 1 is 1.00 bits per heavy atom. The summed E-state index contributed by atoms with van der Waals surface area (Å²) in [4.78, 5) is 11.8. The molecule has 0 radical (unpaired) electrons. The van der Waals surface area contributed by atoms with E-state index in [4.69, 9.17) is 15.3 Å². The van der Waals surface area contributed by atoms with Crippen LogP contribution < -0.4 is 0 Å². The van der Waals surface area contributed by atoms with Gasteiger partial charge in [-0.3, -0.25) is 4.79 Å². The van der Waals surface area contributed by atoms with Crippen LogP contribution in [0.3, 0.4) is 0 Å². The summed E-state index contributed by atoms with van der Waals surface area (Å²) < 4.78 is 0. The molecule has 7 nitrogen and oxygen atoms in total. The SMILES string of the molecule is O=C(c1ccc(O)cc1)[C@@H](O)[C@@H](O)[C@H](O)[C@H](O)CO. The van der Waals surface area contributed by atoms with Crippen molar-refractivity contribution in [1.29, 1.82) is 0 Å². The van der Waals surface area contributed by atoms with E-state index in [0.29, 0.717) is 0 Å². The Balaban J connectivity index is 2.79. The van der Waals surface area contributed by atoms with Gasteiger partial charge in [-0.05, 0) is 24.3 Å². The molecule has 0 heterocycles. The van der Waals surface area contributed by atoms with E-state index in [0.717, 1.165) is 0 Å². The molecule has 7 heteroatoms. The van der Waals surface area contributed by atoms with Crippen LogP contribution >= 0.6 is 0 Å². The van der Waals surface area contributed by atoms with Gasteiger partial charge in [0, 0.05) is 5.56 Å². The summed E-state index contributed by atoms with van der Waals surface area (Å²) in [6.07, 6.45) is -7.43. The molecule has 1 rings (SSSR count). The van der Waals surface area contributed by atoms with E-state index in [-0.39, 0.29) is 11.3 Å². The molecule has 0 saturated heterocycles. The van der Waals surface area contributed by atoms with Crippen molar-refractivity contribution in [2.45, 2.75) is 24.4 Å². The lowest BCUT2D eigenvalue weighted by Crippen LogP contribution is -2.48. The average molecular weight is 272 g/mol. The number of Topliss-reactive ketones (excluding diaryl/α,β-unsaturated/α-hetero) is 1. The molecule has 0 unspecified atom stereocenters. The van der Waals surface area contributed by atoms with E-state index in [9.17, 15) is 20.1 Å². The Morgan fingerprint density at radius 3 is 2.00 bits per heavy atom. The van der Waals surface area contributed by atoms with Crippen LogP contribution in [0.25, 0.3) is 0 Å². The number of carbonyl (C=O) groups excluding carboxylic acids is 1. The number of carbonyl (C=O) groups is 1. The number of hydrogen-bond donors (Lipinski definition) is 6. The van der Waals surface area contributed by atoms with Crippen molar-refractivity contribution in [3.63, 3.8) is 0 Å². The third-order valence-corrected chi connectivity index (χ3v) is 2.68. The maximum Gasteiger partial charge on any atom is 0.194 e. The quantitative estimate of drug-likeness (QED) is 0.330. The molecule has 0 aliphatic carbocycles. The predicted octanol–water partition coefficient (Wildman–Crippen LogP) is -1.99. The zero-order chi connectivity index (χ0) is 14.6. The molecular formula is C12H16O7. The first-order chi connectivity index (χ1) is 8.88. The van der Waals surface area contributed by atoms with Crippen LogP contribution in [0.4, 0.5) is 0 Å². The fraction of sp³-hybridized carbons (Fsp3) is 0.417. The van der Waals surface area contributed by atoms with Crippen molar-refractivity contribution in [1.82, 2.24) is 0 Å². The molecule has 4 atom stereocenters. The number of aliphatic hydroxyl groups excluding tert-OH is 5. The fourth-order valence-corrected chi connectivity index (χ4v) is 1.47. The number of aromatic hydroxyl groups is 1. The molecule has 0 fully saturated rings.